The second-order valence-corrected chi connectivity index (χ2v) is 7.15. The number of rotatable bonds is 2. The van der Waals surface area contributed by atoms with Crippen molar-refractivity contribution in [2.24, 2.45) is 5.41 Å². The number of nitrogens with zero attached hydrogens (tertiary/aromatic N) is 2. The molecule has 4 heteroatoms. The van der Waals surface area contributed by atoms with Crippen LogP contribution in [0.3, 0.4) is 0 Å². The summed E-state index contributed by atoms with van der Waals surface area (Å²) in [4.78, 5) is 10.6. The van der Waals surface area contributed by atoms with Gasteiger partial charge < -0.3 is 5.32 Å². The standard InChI is InChI=1S/C15H21N3S/c1-15(2)7-4-10(5-8-15)12-17-13(16-3)11-6-9-19-14(11)18-12/h6,9-10H,4-5,7-8H2,1-3H3,(H,16,17,18). The molecule has 1 aliphatic carbocycles. The van der Waals surface area contributed by atoms with Crippen LogP contribution < -0.4 is 5.32 Å². The van der Waals surface area contributed by atoms with Crippen molar-refractivity contribution in [2.75, 3.05) is 12.4 Å². The quantitative estimate of drug-likeness (QED) is 0.881. The minimum absolute atomic E-state index is 0.495. The van der Waals surface area contributed by atoms with Crippen molar-refractivity contribution >= 4 is 27.4 Å². The summed E-state index contributed by atoms with van der Waals surface area (Å²) in [6, 6.07) is 2.10. The fourth-order valence-electron chi connectivity index (χ4n) is 2.90. The average molecular weight is 275 g/mol. The van der Waals surface area contributed by atoms with E-state index in [1.54, 1.807) is 11.3 Å². The van der Waals surface area contributed by atoms with Crippen LogP contribution in [0.4, 0.5) is 5.82 Å². The van der Waals surface area contributed by atoms with Crippen molar-refractivity contribution in [1.82, 2.24) is 9.97 Å². The number of fused-ring (bicyclic) bond motifs is 1. The average Bonchev–Trinajstić information content (AvgIpc) is 2.85. The Hall–Kier alpha value is -1.16. The first-order valence-electron chi connectivity index (χ1n) is 7.02. The van der Waals surface area contributed by atoms with Gasteiger partial charge in [0.2, 0.25) is 0 Å². The molecule has 2 aromatic rings. The van der Waals surface area contributed by atoms with Crippen LogP contribution in [0.1, 0.15) is 51.3 Å². The topological polar surface area (TPSA) is 37.8 Å². The lowest BCUT2D eigenvalue weighted by molar-refractivity contribution is 0.221. The van der Waals surface area contributed by atoms with E-state index in [0.717, 1.165) is 21.9 Å². The van der Waals surface area contributed by atoms with Crippen LogP contribution in [0.15, 0.2) is 11.4 Å². The van der Waals surface area contributed by atoms with E-state index in [1.807, 2.05) is 7.05 Å². The number of thiophene rings is 1. The van der Waals surface area contributed by atoms with Crippen LogP contribution in [-0.4, -0.2) is 17.0 Å². The first-order chi connectivity index (χ1) is 9.09. The first kappa shape index (κ1) is 12.9. The maximum absolute atomic E-state index is 4.78. The SMILES string of the molecule is CNc1nc(C2CCC(C)(C)CC2)nc2sccc12. The lowest BCUT2D eigenvalue weighted by atomic mass is 9.73. The summed E-state index contributed by atoms with van der Waals surface area (Å²) >= 11 is 1.70. The molecule has 0 spiro atoms. The van der Waals surface area contributed by atoms with Crippen molar-refractivity contribution < 1.29 is 0 Å². The molecule has 1 saturated carbocycles. The first-order valence-corrected chi connectivity index (χ1v) is 7.90. The molecule has 0 aliphatic heterocycles. The second kappa shape index (κ2) is 4.75. The minimum Gasteiger partial charge on any atom is -0.372 e. The fourth-order valence-corrected chi connectivity index (χ4v) is 3.67. The normalized spacial score (nSPS) is 19.7. The molecule has 1 fully saturated rings. The summed E-state index contributed by atoms with van der Waals surface area (Å²) in [5, 5.41) is 6.44. The summed E-state index contributed by atoms with van der Waals surface area (Å²) in [5.41, 5.74) is 0.495. The van der Waals surface area contributed by atoms with Gasteiger partial charge in [-0.25, -0.2) is 9.97 Å². The van der Waals surface area contributed by atoms with Gasteiger partial charge in [-0.2, -0.15) is 0 Å². The van der Waals surface area contributed by atoms with Crippen LogP contribution in [0.5, 0.6) is 0 Å². The zero-order valence-electron chi connectivity index (χ0n) is 11.9. The molecule has 1 N–H and O–H groups in total. The number of aromatic nitrogens is 2. The van der Waals surface area contributed by atoms with Gasteiger partial charge in [0.25, 0.3) is 0 Å². The van der Waals surface area contributed by atoms with Crippen molar-refractivity contribution in [3.63, 3.8) is 0 Å². The Balaban J connectivity index is 1.93. The summed E-state index contributed by atoms with van der Waals surface area (Å²) in [7, 11) is 1.94. The van der Waals surface area contributed by atoms with Crippen LogP contribution in [-0.2, 0) is 0 Å². The Morgan fingerprint density at radius 3 is 2.68 bits per heavy atom. The number of hydrogen-bond donors (Lipinski definition) is 1. The van der Waals surface area contributed by atoms with E-state index < -0.39 is 0 Å². The summed E-state index contributed by atoms with van der Waals surface area (Å²) in [6.07, 6.45) is 4.98. The molecule has 0 saturated heterocycles. The molecule has 0 unspecified atom stereocenters. The highest BCUT2D eigenvalue weighted by Gasteiger charge is 2.29. The van der Waals surface area contributed by atoms with Gasteiger partial charge in [0, 0.05) is 13.0 Å². The van der Waals surface area contributed by atoms with Crippen LogP contribution in [0.25, 0.3) is 10.2 Å². The maximum Gasteiger partial charge on any atom is 0.138 e. The van der Waals surface area contributed by atoms with Crippen LogP contribution in [0.2, 0.25) is 0 Å². The third-order valence-corrected chi connectivity index (χ3v) is 5.09. The Bertz CT molecular complexity index is 578. The zero-order chi connectivity index (χ0) is 13.5. The number of nitrogens with one attached hydrogen (secondary N) is 1. The van der Waals surface area contributed by atoms with Gasteiger partial charge in [-0.3, -0.25) is 0 Å². The van der Waals surface area contributed by atoms with Gasteiger partial charge in [-0.05, 0) is 42.5 Å². The third-order valence-electron chi connectivity index (χ3n) is 4.28. The summed E-state index contributed by atoms with van der Waals surface area (Å²) in [5.74, 6) is 2.55. The minimum atomic E-state index is 0.495. The highest BCUT2D eigenvalue weighted by Crippen LogP contribution is 2.42. The predicted molar refractivity (Wildman–Crippen MR) is 82.0 cm³/mol. The lowest BCUT2D eigenvalue weighted by Crippen LogP contribution is -2.21. The van der Waals surface area contributed by atoms with E-state index in [2.05, 4.69) is 30.6 Å². The lowest BCUT2D eigenvalue weighted by Gasteiger charge is -2.33. The van der Waals surface area contributed by atoms with E-state index in [-0.39, 0.29) is 0 Å². The van der Waals surface area contributed by atoms with Crippen molar-refractivity contribution in [2.45, 2.75) is 45.4 Å². The summed E-state index contributed by atoms with van der Waals surface area (Å²) < 4.78 is 0. The molecule has 1 aliphatic rings. The zero-order valence-corrected chi connectivity index (χ0v) is 12.7. The Morgan fingerprint density at radius 2 is 2.00 bits per heavy atom. The third kappa shape index (κ3) is 2.46. The van der Waals surface area contributed by atoms with Gasteiger partial charge >= 0.3 is 0 Å². The van der Waals surface area contributed by atoms with E-state index in [0.29, 0.717) is 11.3 Å². The van der Waals surface area contributed by atoms with Crippen molar-refractivity contribution in [1.29, 1.82) is 0 Å². The summed E-state index contributed by atoms with van der Waals surface area (Å²) in [6.45, 7) is 4.73. The van der Waals surface area contributed by atoms with Crippen LogP contribution in [0, 0.1) is 5.41 Å². The molecule has 0 atom stereocenters. The van der Waals surface area contributed by atoms with Gasteiger partial charge in [0.15, 0.2) is 0 Å². The number of hydrogen-bond acceptors (Lipinski definition) is 4. The smallest absolute Gasteiger partial charge is 0.138 e. The molecule has 102 valence electrons. The van der Waals surface area contributed by atoms with E-state index in [1.165, 1.54) is 25.7 Å². The van der Waals surface area contributed by atoms with Crippen molar-refractivity contribution in [3.8, 4) is 0 Å². The largest absolute Gasteiger partial charge is 0.372 e. The molecule has 19 heavy (non-hydrogen) atoms. The maximum atomic E-state index is 4.78. The van der Waals surface area contributed by atoms with Crippen LogP contribution >= 0.6 is 11.3 Å². The Labute approximate surface area is 118 Å². The molecule has 0 bridgehead atoms. The molecule has 0 radical (unpaired) electrons. The predicted octanol–water partition coefficient (Wildman–Crippen LogP) is 4.42. The Kier molecular flexibility index (Phi) is 3.21. The highest BCUT2D eigenvalue weighted by atomic mass is 32.1. The van der Waals surface area contributed by atoms with Crippen molar-refractivity contribution in [3.05, 3.63) is 17.3 Å². The molecule has 3 rings (SSSR count). The molecule has 0 aromatic carbocycles. The van der Waals surface area contributed by atoms with E-state index >= 15 is 0 Å². The molecular weight excluding hydrogens is 254 g/mol. The van der Waals surface area contributed by atoms with Gasteiger partial charge in [-0.15, -0.1) is 11.3 Å². The van der Waals surface area contributed by atoms with E-state index in [4.69, 9.17) is 9.97 Å². The molecule has 0 amide bonds. The molecular formula is C15H21N3S. The second-order valence-electron chi connectivity index (χ2n) is 6.26. The molecule has 2 aromatic heterocycles. The molecule has 3 nitrogen and oxygen atoms in total. The van der Waals surface area contributed by atoms with Gasteiger partial charge in [0.05, 0.1) is 5.39 Å². The van der Waals surface area contributed by atoms with Gasteiger partial charge in [0.1, 0.15) is 16.5 Å². The fraction of sp³-hybridized carbons (Fsp3) is 0.600. The highest BCUT2D eigenvalue weighted by molar-refractivity contribution is 7.16. The number of anilines is 1. The Morgan fingerprint density at radius 1 is 1.26 bits per heavy atom. The van der Waals surface area contributed by atoms with E-state index in [9.17, 15) is 0 Å². The van der Waals surface area contributed by atoms with Gasteiger partial charge in [-0.1, -0.05) is 13.8 Å². The molecule has 2 heterocycles. The monoisotopic (exact) mass is 275 g/mol.